The zero-order valence-electron chi connectivity index (χ0n) is 11.2. The Kier molecular flexibility index (Phi) is 3.06. The van der Waals surface area contributed by atoms with E-state index in [-0.39, 0.29) is 11.9 Å². The van der Waals surface area contributed by atoms with Crippen LogP contribution >= 0.6 is 0 Å². The molecule has 6 heteroatoms. The third kappa shape index (κ3) is 2.20. The molecule has 0 radical (unpaired) electrons. The molecule has 3 aromatic rings. The molecule has 0 aliphatic heterocycles. The van der Waals surface area contributed by atoms with Crippen LogP contribution in [0, 0.1) is 5.82 Å². The lowest BCUT2D eigenvalue weighted by atomic mass is 10.1. The molecule has 1 atom stereocenters. The standard InChI is InChI=1S/C14H14FN5/c1-9(10-3-5-11(15)6-4-10)19-13-12-7-18-20(2)14(12)17-8-16-13/h3-9H,1-2H3,(H,16,17,19). The lowest BCUT2D eigenvalue weighted by Gasteiger charge is -2.15. The summed E-state index contributed by atoms with van der Waals surface area (Å²) in [6.07, 6.45) is 3.23. The van der Waals surface area contributed by atoms with Gasteiger partial charge in [-0.1, -0.05) is 12.1 Å². The first-order chi connectivity index (χ1) is 9.65. The van der Waals surface area contributed by atoms with Crippen molar-refractivity contribution in [2.24, 2.45) is 7.05 Å². The van der Waals surface area contributed by atoms with Crippen LogP contribution in [0.2, 0.25) is 0 Å². The van der Waals surface area contributed by atoms with Crippen LogP contribution in [0.5, 0.6) is 0 Å². The first-order valence-electron chi connectivity index (χ1n) is 6.30. The first kappa shape index (κ1) is 12.5. The molecule has 5 nitrogen and oxygen atoms in total. The van der Waals surface area contributed by atoms with E-state index < -0.39 is 0 Å². The zero-order valence-corrected chi connectivity index (χ0v) is 11.2. The largest absolute Gasteiger partial charge is 0.363 e. The van der Waals surface area contributed by atoms with Crippen LogP contribution in [0.15, 0.2) is 36.8 Å². The molecule has 1 N–H and O–H groups in total. The van der Waals surface area contributed by atoms with Crippen molar-refractivity contribution in [2.75, 3.05) is 5.32 Å². The molecular weight excluding hydrogens is 257 g/mol. The number of nitrogens with zero attached hydrogens (tertiary/aromatic N) is 4. The first-order valence-corrected chi connectivity index (χ1v) is 6.30. The van der Waals surface area contributed by atoms with Gasteiger partial charge in [0, 0.05) is 13.1 Å². The van der Waals surface area contributed by atoms with Crippen LogP contribution in [0.25, 0.3) is 11.0 Å². The number of anilines is 1. The van der Waals surface area contributed by atoms with Crippen molar-refractivity contribution in [3.05, 3.63) is 48.2 Å². The molecule has 2 heterocycles. The van der Waals surface area contributed by atoms with E-state index in [1.165, 1.54) is 18.5 Å². The van der Waals surface area contributed by atoms with Gasteiger partial charge in [0.25, 0.3) is 0 Å². The zero-order chi connectivity index (χ0) is 14.1. The third-order valence-corrected chi connectivity index (χ3v) is 3.25. The van der Waals surface area contributed by atoms with Crippen molar-refractivity contribution in [1.82, 2.24) is 19.7 Å². The van der Waals surface area contributed by atoms with E-state index in [2.05, 4.69) is 20.4 Å². The predicted octanol–water partition coefficient (Wildman–Crippen LogP) is 2.68. The average Bonchev–Trinajstić information content (AvgIpc) is 2.82. The maximum atomic E-state index is 12.9. The topological polar surface area (TPSA) is 55.6 Å². The Morgan fingerprint density at radius 3 is 2.70 bits per heavy atom. The quantitative estimate of drug-likeness (QED) is 0.795. The summed E-state index contributed by atoms with van der Waals surface area (Å²) in [4.78, 5) is 8.45. The normalized spacial score (nSPS) is 12.6. The number of hydrogen-bond donors (Lipinski definition) is 1. The van der Waals surface area contributed by atoms with E-state index in [0.717, 1.165) is 22.4 Å². The van der Waals surface area contributed by atoms with Crippen LogP contribution < -0.4 is 5.32 Å². The van der Waals surface area contributed by atoms with Crippen LogP contribution in [0.3, 0.4) is 0 Å². The molecule has 3 rings (SSSR count). The van der Waals surface area contributed by atoms with Gasteiger partial charge >= 0.3 is 0 Å². The summed E-state index contributed by atoms with van der Waals surface area (Å²) in [6, 6.07) is 6.43. The Bertz CT molecular complexity index is 735. The predicted molar refractivity (Wildman–Crippen MR) is 74.7 cm³/mol. The molecule has 0 spiro atoms. The van der Waals surface area contributed by atoms with Crippen molar-refractivity contribution >= 4 is 16.9 Å². The van der Waals surface area contributed by atoms with Gasteiger partial charge in [-0.05, 0) is 24.6 Å². The van der Waals surface area contributed by atoms with E-state index in [0.29, 0.717) is 0 Å². The van der Waals surface area contributed by atoms with Gasteiger partial charge in [-0.25, -0.2) is 14.4 Å². The average molecular weight is 271 g/mol. The Hall–Kier alpha value is -2.50. The van der Waals surface area contributed by atoms with Gasteiger partial charge in [0.1, 0.15) is 18.0 Å². The van der Waals surface area contributed by atoms with Crippen molar-refractivity contribution in [2.45, 2.75) is 13.0 Å². The second-order valence-electron chi connectivity index (χ2n) is 4.65. The minimum absolute atomic E-state index is 0.00825. The fourth-order valence-electron chi connectivity index (χ4n) is 2.12. The highest BCUT2D eigenvalue weighted by atomic mass is 19.1. The van der Waals surface area contributed by atoms with Crippen molar-refractivity contribution in [1.29, 1.82) is 0 Å². The summed E-state index contributed by atoms with van der Waals surface area (Å²) in [7, 11) is 1.84. The van der Waals surface area contributed by atoms with E-state index >= 15 is 0 Å². The molecule has 0 bridgehead atoms. The number of rotatable bonds is 3. The van der Waals surface area contributed by atoms with Crippen molar-refractivity contribution in [3.63, 3.8) is 0 Å². The van der Waals surface area contributed by atoms with Gasteiger partial charge in [-0.15, -0.1) is 0 Å². The summed E-state index contributed by atoms with van der Waals surface area (Å²) >= 11 is 0. The maximum absolute atomic E-state index is 12.9. The number of halogens is 1. The van der Waals surface area contributed by atoms with Gasteiger partial charge in [0.05, 0.1) is 11.6 Å². The Morgan fingerprint density at radius 2 is 1.95 bits per heavy atom. The molecule has 20 heavy (non-hydrogen) atoms. The molecule has 2 aromatic heterocycles. The minimum Gasteiger partial charge on any atom is -0.363 e. The number of benzene rings is 1. The third-order valence-electron chi connectivity index (χ3n) is 3.25. The van der Waals surface area contributed by atoms with E-state index in [1.807, 2.05) is 14.0 Å². The monoisotopic (exact) mass is 271 g/mol. The summed E-state index contributed by atoms with van der Waals surface area (Å²) < 4.78 is 14.6. The van der Waals surface area contributed by atoms with Gasteiger partial charge in [-0.3, -0.25) is 4.68 Å². The number of aryl methyl sites for hydroxylation is 1. The van der Waals surface area contributed by atoms with Gasteiger partial charge in [0.2, 0.25) is 0 Å². The second-order valence-corrected chi connectivity index (χ2v) is 4.65. The number of hydrogen-bond acceptors (Lipinski definition) is 4. The smallest absolute Gasteiger partial charge is 0.163 e. The van der Waals surface area contributed by atoms with E-state index in [9.17, 15) is 4.39 Å². The van der Waals surface area contributed by atoms with Crippen LogP contribution in [0.1, 0.15) is 18.5 Å². The van der Waals surface area contributed by atoms with Crippen LogP contribution in [-0.4, -0.2) is 19.7 Å². The molecule has 0 aliphatic rings. The number of nitrogens with one attached hydrogen (secondary N) is 1. The van der Waals surface area contributed by atoms with Crippen LogP contribution in [0.4, 0.5) is 10.2 Å². The molecule has 102 valence electrons. The summed E-state index contributed by atoms with van der Waals surface area (Å²) in [5, 5.41) is 8.34. The van der Waals surface area contributed by atoms with Gasteiger partial charge in [-0.2, -0.15) is 5.10 Å². The van der Waals surface area contributed by atoms with Crippen LogP contribution in [-0.2, 0) is 7.05 Å². The molecule has 1 unspecified atom stereocenters. The van der Waals surface area contributed by atoms with E-state index in [1.54, 1.807) is 23.0 Å². The fourth-order valence-corrected chi connectivity index (χ4v) is 2.12. The Labute approximate surface area is 115 Å². The Morgan fingerprint density at radius 1 is 1.20 bits per heavy atom. The lowest BCUT2D eigenvalue weighted by molar-refractivity contribution is 0.626. The number of fused-ring (bicyclic) bond motifs is 1. The second kappa shape index (κ2) is 4.88. The SMILES string of the molecule is CC(Nc1ncnc2c1cnn2C)c1ccc(F)cc1. The molecule has 0 amide bonds. The van der Waals surface area contributed by atoms with Crippen molar-refractivity contribution < 1.29 is 4.39 Å². The minimum atomic E-state index is -0.238. The van der Waals surface area contributed by atoms with E-state index in [4.69, 9.17) is 0 Å². The van der Waals surface area contributed by atoms with Crippen molar-refractivity contribution in [3.8, 4) is 0 Å². The fraction of sp³-hybridized carbons (Fsp3) is 0.214. The summed E-state index contributed by atoms with van der Waals surface area (Å²) in [5.41, 5.74) is 1.76. The van der Waals surface area contributed by atoms with Gasteiger partial charge in [0.15, 0.2) is 5.65 Å². The number of aromatic nitrogens is 4. The molecule has 0 aliphatic carbocycles. The summed E-state index contributed by atoms with van der Waals surface area (Å²) in [5.74, 6) is 0.484. The molecule has 0 fully saturated rings. The highest BCUT2D eigenvalue weighted by molar-refractivity contribution is 5.86. The highest BCUT2D eigenvalue weighted by Crippen LogP contribution is 2.23. The summed E-state index contributed by atoms with van der Waals surface area (Å²) in [6.45, 7) is 2.00. The maximum Gasteiger partial charge on any atom is 0.163 e. The van der Waals surface area contributed by atoms with Gasteiger partial charge < -0.3 is 5.32 Å². The lowest BCUT2D eigenvalue weighted by Crippen LogP contribution is -2.08. The molecule has 1 aromatic carbocycles. The highest BCUT2D eigenvalue weighted by Gasteiger charge is 2.11. The molecular formula is C14H14FN5. The molecule has 0 saturated carbocycles. The Balaban J connectivity index is 1.91. The molecule has 0 saturated heterocycles.